The highest BCUT2D eigenvalue weighted by atomic mass is 79.9. The van der Waals surface area contributed by atoms with Crippen LogP contribution in [0.15, 0.2) is 138 Å². The second-order valence-electron chi connectivity index (χ2n) is 9.81. The van der Waals surface area contributed by atoms with Crippen molar-refractivity contribution in [2.24, 2.45) is 0 Å². The molecule has 0 aliphatic carbocycles. The van der Waals surface area contributed by atoms with Gasteiger partial charge < -0.3 is 5.11 Å². The lowest BCUT2D eigenvalue weighted by Gasteiger charge is -2.08. The van der Waals surface area contributed by atoms with Gasteiger partial charge >= 0.3 is 5.97 Å². The van der Waals surface area contributed by atoms with Crippen LogP contribution in [0.5, 0.6) is 0 Å². The van der Waals surface area contributed by atoms with E-state index in [0.717, 1.165) is 47.7 Å². The number of halogens is 1. The lowest BCUT2D eigenvalue weighted by Crippen LogP contribution is -2.37. The molecule has 0 atom stereocenters. The quantitative estimate of drug-likeness (QED) is 0.125. The molecule has 0 unspecified atom stereocenters. The van der Waals surface area contributed by atoms with E-state index in [9.17, 15) is 14.7 Å². The van der Waals surface area contributed by atoms with Gasteiger partial charge in [-0.15, -0.1) is 0 Å². The van der Waals surface area contributed by atoms with Gasteiger partial charge in [0.25, 0.3) is 0 Å². The molecule has 7 aromatic rings. The van der Waals surface area contributed by atoms with Crippen LogP contribution >= 0.6 is 15.9 Å². The molecule has 0 radical (unpaired) electrons. The van der Waals surface area contributed by atoms with Crippen molar-refractivity contribution < 1.29 is 19.3 Å². The molecular weight excluding hydrogens is 574 g/mol. The number of carbonyl (C=O) groups is 2. The Morgan fingerprint density at radius 2 is 1.15 bits per heavy atom. The third kappa shape index (κ3) is 5.32. The van der Waals surface area contributed by atoms with Gasteiger partial charge in [0, 0.05) is 21.5 Å². The first-order valence-corrected chi connectivity index (χ1v) is 14.0. The average molecular weight is 600 g/mol. The topological polar surface area (TPSA) is 58.2 Å². The Bertz CT molecular complexity index is 2100. The molecule has 0 aliphatic rings. The summed E-state index contributed by atoms with van der Waals surface area (Å²) < 4.78 is 2.87. The first kappa shape index (κ1) is 26.4. The van der Waals surface area contributed by atoms with E-state index in [4.69, 9.17) is 0 Å². The fourth-order valence-corrected chi connectivity index (χ4v) is 5.84. The zero-order valence-electron chi connectivity index (χ0n) is 22.0. The van der Waals surface area contributed by atoms with E-state index < -0.39 is 5.97 Å². The molecular formula is C36H25BrNO3+. The van der Waals surface area contributed by atoms with Crippen molar-refractivity contribution in [2.75, 3.05) is 0 Å². The Morgan fingerprint density at radius 1 is 0.585 bits per heavy atom. The molecule has 1 heterocycles. The van der Waals surface area contributed by atoms with Gasteiger partial charge in [-0.1, -0.05) is 113 Å². The molecule has 198 valence electrons. The number of carboxylic acids is 1. The zero-order valence-corrected chi connectivity index (χ0v) is 23.6. The molecule has 6 aromatic carbocycles. The van der Waals surface area contributed by atoms with Crippen molar-refractivity contribution in [3.8, 4) is 0 Å². The van der Waals surface area contributed by atoms with Crippen molar-refractivity contribution >= 4 is 70.8 Å². The predicted molar refractivity (Wildman–Crippen MR) is 169 cm³/mol. The molecule has 0 bridgehead atoms. The van der Waals surface area contributed by atoms with Gasteiger partial charge in [0.1, 0.15) is 0 Å². The minimum Gasteiger partial charge on any atom is -0.478 e. The van der Waals surface area contributed by atoms with Gasteiger partial charge in [0.05, 0.1) is 5.56 Å². The lowest BCUT2D eigenvalue weighted by molar-refractivity contribution is -0.681. The summed E-state index contributed by atoms with van der Waals surface area (Å²) in [5.74, 6) is -0.773. The van der Waals surface area contributed by atoms with Crippen molar-refractivity contribution in [1.82, 2.24) is 0 Å². The van der Waals surface area contributed by atoms with Crippen LogP contribution in [0.25, 0.3) is 43.1 Å². The summed E-state index contributed by atoms with van der Waals surface area (Å²) in [6.45, 7) is 0.346. The zero-order chi connectivity index (χ0) is 28.3. The van der Waals surface area contributed by atoms with E-state index in [0.29, 0.717) is 12.1 Å². The second-order valence-corrected chi connectivity index (χ2v) is 10.7. The number of aromatic nitrogens is 1. The van der Waals surface area contributed by atoms with Crippen molar-refractivity contribution in [2.45, 2.75) is 6.54 Å². The van der Waals surface area contributed by atoms with E-state index in [-0.39, 0.29) is 5.78 Å². The van der Waals surface area contributed by atoms with Crippen LogP contribution in [0.1, 0.15) is 20.7 Å². The summed E-state index contributed by atoms with van der Waals surface area (Å²) >= 11 is 3.51. The largest absolute Gasteiger partial charge is 0.478 e. The van der Waals surface area contributed by atoms with Crippen LogP contribution in [0.2, 0.25) is 0 Å². The number of fused-ring (bicyclic) bond motifs is 5. The number of carboxylic acid groups (broad SMARTS) is 1. The van der Waals surface area contributed by atoms with Gasteiger partial charge in [0.2, 0.25) is 12.3 Å². The number of nitrogens with zero attached hydrogens (tertiary/aromatic N) is 1. The number of rotatable bonds is 4. The van der Waals surface area contributed by atoms with E-state index >= 15 is 0 Å². The number of benzene rings is 6. The van der Waals surface area contributed by atoms with Crippen molar-refractivity contribution in [1.29, 1.82) is 0 Å². The Kier molecular flexibility index (Phi) is 7.28. The molecule has 0 amide bonds. The molecule has 5 heteroatoms. The fraction of sp³-hybridized carbons (Fsp3) is 0.0278. The number of ketones is 1. The van der Waals surface area contributed by atoms with Gasteiger partial charge in [-0.05, 0) is 55.9 Å². The first-order chi connectivity index (χ1) is 20.0. The third-order valence-electron chi connectivity index (χ3n) is 7.24. The fourth-order valence-electron chi connectivity index (χ4n) is 5.27. The Balaban J connectivity index is 0.000000152. The monoisotopic (exact) mass is 598 g/mol. The number of hydrogen-bond donors (Lipinski definition) is 1. The molecule has 7 rings (SSSR count). The van der Waals surface area contributed by atoms with Crippen LogP contribution < -0.4 is 4.57 Å². The summed E-state index contributed by atoms with van der Waals surface area (Å²) in [6.07, 6.45) is 3.99. The molecule has 1 N–H and O–H groups in total. The standard InChI is InChI=1S/C21H16NO.C15H9BrO2/c23-21(20-11-5-9-17-7-3-4-10-19(17)20)15-22-13-12-16-6-1-2-8-18(16)14-22;16-14-8-13-10(6-3-7-12(13)15(17)18)9-4-1-2-5-11(9)14/h1-14H,15H2;1-8H,(H,17,18)/q+1;. The van der Waals surface area contributed by atoms with Gasteiger partial charge in [-0.2, -0.15) is 4.57 Å². The smallest absolute Gasteiger partial charge is 0.336 e. The predicted octanol–water partition coefficient (Wildman–Crippen LogP) is 8.62. The molecule has 4 nitrogen and oxygen atoms in total. The van der Waals surface area contributed by atoms with E-state index in [1.54, 1.807) is 12.1 Å². The minimum absolute atomic E-state index is 0.127. The highest BCUT2D eigenvalue weighted by molar-refractivity contribution is 9.10. The summed E-state index contributed by atoms with van der Waals surface area (Å²) in [5, 5.41) is 17.5. The Morgan fingerprint density at radius 3 is 1.93 bits per heavy atom. The van der Waals surface area contributed by atoms with Crippen LogP contribution in [0.3, 0.4) is 0 Å². The summed E-state index contributed by atoms with van der Waals surface area (Å²) in [4.78, 5) is 24.0. The highest BCUT2D eigenvalue weighted by Crippen LogP contribution is 2.33. The van der Waals surface area contributed by atoms with Crippen LogP contribution in [0.4, 0.5) is 0 Å². The lowest BCUT2D eigenvalue weighted by atomic mass is 9.98. The van der Waals surface area contributed by atoms with Gasteiger partial charge in [-0.3, -0.25) is 4.79 Å². The second kappa shape index (κ2) is 11.3. The highest BCUT2D eigenvalue weighted by Gasteiger charge is 2.15. The average Bonchev–Trinajstić information content (AvgIpc) is 3.01. The molecule has 0 aliphatic heterocycles. The SMILES string of the molecule is O=C(C[n+]1ccc2ccccc2c1)c1cccc2ccccc12.O=C(O)c1cccc2c1cc(Br)c1ccccc12. The number of carbonyl (C=O) groups excluding carboxylic acids is 1. The van der Waals surface area contributed by atoms with E-state index in [1.807, 2.05) is 114 Å². The maximum absolute atomic E-state index is 12.7. The Hall–Kier alpha value is -4.87. The first-order valence-electron chi connectivity index (χ1n) is 13.2. The Labute approximate surface area is 245 Å². The normalized spacial score (nSPS) is 11.0. The number of aromatic carboxylic acids is 1. The maximum atomic E-state index is 12.7. The van der Waals surface area contributed by atoms with E-state index in [2.05, 4.69) is 28.1 Å². The number of pyridine rings is 1. The summed E-state index contributed by atoms with van der Waals surface area (Å²) in [5.41, 5.74) is 1.11. The summed E-state index contributed by atoms with van der Waals surface area (Å²) in [6, 6.07) is 39.3. The van der Waals surface area contributed by atoms with Crippen molar-refractivity contribution in [3.63, 3.8) is 0 Å². The minimum atomic E-state index is -0.900. The van der Waals surface area contributed by atoms with Crippen LogP contribution in [-0.2, 0) is 6.54 Å². The van der Waals surface area contributed by atoms with Gasteiger partial charge in [-0.25, -0.2) is 4.79 Å². The third-order valence-corrected chi connectivity index (χ3v) is 7.90. The number of Topliss-reactive ketones (excluding diaryl/α,β-unsaturated/α-hetero) is 1. The van der Waals surface area contributed by atoms with Crippen LogP contribution in [0, 0.1) is 0 Å². The van der Waals surface area contributed by atoms with Crippen molar-refractivity contribution in [3.05, 3.63) is 149 Å². The molecule has 0 saturated carbocycles. The number of hydrogen-bond acceptors (Lipinski definition) is 2. The summed E-state index contributed by atoms with van der Waals surface area (Å²) in [7, 11) is 0. The molecule has 41 heavy (non-hydrogen) atoms. The van der Waals surface area contributed by atoms with Crippen LogP contribution in [-0.4, -0.2) is 16.9 Å². The molecule has 0 spiro atoms. The maximum Gasteiger partial charge on any atom is 0.336 e. The molecule has 0 saturated heterocycles. The molecule has 1 aromatic heterocycles. The molecule has 0 fully saturated rings. The van der Waals surface area contributed by atoms with E-state index in [1.165, 1.54) is 5.39 Å². The van der Waals surface area contributed by atoms with Gasteiger partial charge in [0.15, 0.2) is 12.4 Å².